The molecule has 1 heterocycles. The van der Waals surface area contributed by atoms with Crippen LogP contribution in [0.25, 0.3) is 0 Å². The van der Waals surface area contributed by atoms with Gasteiger partial charge in [-0.1, -0.05) is 39.0 Å². The number of urea groups is 1. The monoisotopic (exact) mass is 309 g/mol. The largest absolute Gasteiger partial charge is 0.352 e. The molecule has 124 valence electrons. The Balaban J connectivity index is 1.83. The van der Waals surface area contributed by atoms with E-state index >= 15 is 0 Å². The first kappa shape index (κ1) is 16.8. The molecule has 6 heteroatoms. The van der Waals surface area contributed by atoms with Gasteiger partial charge in [-0.05, 0) is 26.2 Å². The molecule has 0 radical (unpaired) electrons. The predicted molar refractivity (Wildman–Crippen MR) is 83.2 cm³/mol. The third-order valence-electron chi connectivity index (χ3n) is 4.65. The average Bonchev–Trinajstić information content (AvgIpc) is 3.01. The Kier molecular flexibility index (Phi) is 5.42. The molecule has 2 rings (SSSR count). The SMILES string of the molecule is CCCCC[C@H](C)NC(=O)CN1C(=O)NC2(CCCC2)C1=O. The molecule has 0 aromatic carbocycles. The molecule has 2 N–H and O–H groups in total. The topological polar surface area (TPSA) is 78.5 Å². The number of nitrogens with zero attached hydrogens (tertiary/aromatic N) is 1. The summed E-state index contributed by atoms with van der Waals surface area (Å²) < 4.78 is 0. The van der Waals surface area contributed by atoms with Crippen LogP contribution in [0.3, 0.4) is 0 Å². The van der Waals surface area contributed by atoms with Gasteiger partial charge in [0.2, 0.25) is 5.91 Å². The summed E-state index contributed by atoms with van der Waals surface area (Å²) >= 11 is 0. The van der Waals surface area contributed by atoms with Crippen molar-refractivity contribution in [2.24, 2.45) is 0 Å². The maximum absolute atomic E-state index is 12.4. The second kappa shape index (κ2) is 7.11. The van der Waals surface area contributed by atoms with Crippen LogP contribution >= 0.6 is 0 Å². The summed E-state index contributed by atoms with van der Waals surface area (Å²) in [7, 11) is 0. The summed E-state index contributed by atoms with van der Waals surface area (Å²) in [5.74, 6) is -0.494. The Hall–Kier alpha value is -1.59. The van der Waals surface area contributed by atoms with Gasteiger partial charge in [0, 0.05) is 6.04 Å². The van der Waals surface area contributed by atoms with Gasteiger partial charge in [-0.15, -0.1) is 0 Å². The Labute approximate surface area is 132 Å². The fourth-order valence-corrected chi connectivity index (χ4v) is 3.37. The number of unbranched alkanes of at least 4 members (excludes halogenated alkanes) is 2. The molecule has 2 fully saturated rings. The fourth-order valence-electron chi connectivity index (χ4n) is 3.37. The third kappa shape index (κ3) is 3.59. The number of amides is 4. The summed E-state index contributed by atoms with van der Waals surface area (Å²) in [6.45, 7) is 3.92. The molecule has 4 amide bonds. The van der Waals surface area contributed by atoms with Crippen molar-refractivity contribution in [2.45, 2.75) is 76.8 Å². The summed E-state index contributed by atoms with van der Waals surface area (Å²) in [6, 6.07) is -0.360. The first-order chi connectivity index (χ1) is 10.5. The molecular weight excluding hydrogens is 282 g/mol. The second-order valence-electron chi connectivity index (χ2n) is 6.58. The highest BCUT2D eigenvalue weighted by atomic mass is 16.2. The lowest BCUT2D eigenvalue weighted by Gasteiger charge is -2.20. The van der Waals surface area contributed by atoms with E-state index in [0.29, 0.717) is 12.8 Å². The van der Waals surface area contributed by atoms with Crippen molar-refractivity contribution in [3.63, 3.8) is 0 Å². The molecule has 1 aliphatic heterocycles. The molecule has 6 nitrogen and oxygen atoms in total. The maximum Gasteiger partial charge on any atom is 0.325 e. The number of imide groups is 1. The van der Waals surface area contributed by atoms with Crippen molar-refractivity contribution in [1.82, 2.24) is 15.5 Å². The zero-order valence-electron chi connectivity index (χ0n) is 13.6. The maximum atomic E-state index is 12.4. The lowest BCUT2D eigenvalue weighted by molar-refractivity contribution is -0.135. The van der Waals surface area contributed by atoms with Crippen LogP contribution in [0.2, 0.25) is 0 Å². The smallest absolute Gasteiger partial charge is 0.325 e. The zero-order chi connectivity index (χ0) is 16.2. The molecule has 0 aromatic heterocycles. The van der Waals surface area contributed by atoms with Crippen molar-refractivity contribution in [3.05, 3.63) is 0 Å². The zero-order valence-corrected chi connectivity index (χ0v) is 13.6. The van der Waals surface area contributed by atoms with E-state index in [-0.39, 0.29) is 24.4 Å². The summed E-state index contributed by atoms with van der Waals surface area (Å²) in [6.07, 6.45) is 7.54. The predicted octanol–water partition coefficient (Wildman–Crippen LogP) is 1.94. The minimum Gasteiger partial charge on any atom is -0.352 e. The Morgan fingerprint density at radius 3 is 2.64 bits per heavy atom. The first-order valence-electron chi connectivity index (χ1n) is 8.42. The second-order valence-corrected chi connectivity index (χ2v) is 6.58. The molecule has 0 bridgehead atoms. The van der Waals surface area contributed by atoms with Crippen molar-refractivity contribution < 1.29 is 14.4 Å². The molecule has 0 unspecified atom stereocenters. The van der Waals surface area contributed by atoms with E-state index in [0.717, 1.165) is 43.4 Å². The van der Waals surface area contributed by atoms with Crippen molar-refractivity contribution in [3.8, 4) is 0 Å². The van der Waals surface area contributed by atoms with Gasteiger partial charge in [-0.3, -0.25) is 14.5 Å². The van der Waals surface area contributed by atoms with Crippen LogP contribution in [0.5, 0.6) is 0 Å². The van der Waals surface area contributed by atoms with Crippen LogP contribution in [-0.2, 0) is 9.59 Å². The van der Waals surface area contributed by atoms with E-state index in [1.807, 2.05) is 6.92 Å². The Bertz CT molecular complexity index is 444. The van der Waals surface area contributed by atoms with Gasteiger partial charge >= 0.3 is 6.03 Å². The normalized spacial score (nSPS) is 21.3. The quantitative estimate of drug-likeness (QED) is 0.557. The van der Waals surface area contributed by atoms with Gasteiger partial charge in [0.05, 0.1) is 0 Å². The van der Waals surface area contributed by atoms with E-state index in [9.17, 15) is 14.4 Å². The number of nitrogens with one attached hydrogen (secondary N) is 2. The van der Waals surface area contributed by atoms with E-state index in [2.05, 4.69) is 17.6 Å². The highest BCUT2D eigenvalue weighted by Crippen LogP contribution is 2.34. The summed E-state index contributed by atoms with van der Waals surface area (Å²) in [5.41, 5.74) is -0.732. The van der Waals surface area contributed by atoms with Crippen molar-refractivity contribution >= 4 is 17.8 Å². The number of hydrogen-bond acceptors (Lipinski definition) is 3. The van der Waals surface area contributed by atoms with Gasteiger partial charge in [0.25, 0.3) is 5.91 Å². The van der Waals surface area contributed by atoms with Crippen LogP contribution in [0, 0.1) is 0 Å². The van der Waals surface area contributed by atoms with Gasteiger partial charge in [0.1, 0.15) is 12.1 Å². The van der Waals surface area contributed by atoms with Crippen LogP contribution in [0.1, 0.15) is 65.2 Å². The van der Waals surface area contributed by atoms with E-state index < -0.39 is 11.6 Å². The van der Waals surface area contributed by atoms with E-state index in [1.54, 1.807) is 0 Å². The molecule has 1 spiro atoms. The lowest BCUT2D eigenvalue weighted by atomic mass is 9.98. The number of carbonyl (C=O) groups is 3. The van der Waals surface area contributed by atoms with Gasteiger partial charge in [-0.25, -0.2) is 4.79 Å². The highest BCUT2D eigenvalue weighted by molar-refractivity contribution is 6.09. The summed E-state index contributed by atoms with van der Waals surface area (Å²) in [5, 5.41) is 5.66. The molecular formula is C16H27N3O3. The average molecular weight is 309 g/mol. The summed E-state index contributed by atoms with van der Waals surface area (Å²) in [4.78, 5) is 37.5. The van der Waals surface area contributed by atoms with Gasteiger partial charge < -0.3 is 10.6 Å². The minimum atomic E-state index is -0.732. The molecule has 1 saturated carbocycles. The van der Waals surface area contributed by atoms with E-state index in [1.165, 1.54) is 0 Å². The van der Waals surface area contributed by atoms with Crippen LogP contribution < -0.4 is 10.6 Å². The third-order valence-corrected chi connectivity index (χ3v) is 4.65. The van der Waals surface area contributed by atoms with Gasteiger partial charge in [0.15, 0.2) is 0 Å². The molecule has 1 atom stereocenters. The number of hydrogen-bond donors (Lipinski definition) is 2. The van der Waals surface area contributed by atoms with Crippen LogP contribution in [-0.4, -0.2) is 40.9 Å². The molecule has 1 saturated heterocycles. The minimum absolute atomic E-state index is 0.0697. The lowest BCUT2D eigenvalue weighted by Crippen LogP contribution is -2.46. The van der Waals surface area contributed by atoms with Crippen molar-refractivity contribution in [1.29, 1.82) is 0 Å². The molecule has 0 aromatic rings. The van der Waals surface area contributed by atoms with Crippen molar-refractivity contribution in [2.75, 3.05) is 6.54 Å². The Morgan fingerprint density at radius 2 is 2.00 bits per heavy atom. The van der Waals surface area contributed by atoms with Gasteiger partial charge in [-0.2, -0.15) is 0 Å². The first-order valence-corrected chi connectivity index (χ1v) is 8.42. The standard InChI is InChI=1S/C16H27N3O3/c1-3-4-5-8-12(2)17-13(20)11-19-14(21)16(18-15(19)22)9-6-7-10-16/h12H,3-11H2,1-2H3,(H,17,20)(H,18,22)/t12-/m0/s1. The molecule has 2 aliphatic rings. The van der Waals surface area contributed by atoms with Crippen LogP contribution in [0.15, 0.2) is 0 Å². The van der Waals surface area contributed by atoms with Crippen LogP contribution in [0.4, 0.5) is 4.79 Å². The highest BCUT2D eigenvalue weighted by Gasteiger charge is 2.52. The molecule has 1 aliphatic carbocycles. The Morgan fingerprint density at radius 1 is 1.32 bits per heavy atom. The van der Waals surface area contributed by atoms with E-state index in [4.69, 9.17) is 0 Å². The number of rotatable bonds is 7. The molecule has 22 heavy (non-hydrogen) atoms. The fraction of sp³-hybridized carbons (Fsp3) is 0.812. The number of carbonyl (C=O) groups excluding carboxylic acids is 3.